The van der Waals surface area contributed by atoms with Gasteiger partial charge in [0.15, 0.2) is 0 Å². The molecule has 1 heterocycles. The molecular formula is C15H23N3O4. The van der Waals surface area contributed by atoms with Crippen molar-refractivity contribution >= 4 is 17.6 Å². The zero-order valence-corrected chi connectivity index (χ0v) is 12.7. The Bertz CT molecular complexity index is 455. The number of hydrogen-bond acceptors (Lipinski definition) is 5. The van der Waals surface area contributed by atoms with Gasteiger partial charge >= 0.3 is 11.9 Å². The standard InChI is InChI=1S/C13H21N3.C2H2O4/c1-15-9-5-10-16(12-15)11-8-14-13-6-3-2-4-7-13;3-1(4)2(5)6/h2-4,6-7,14H,5,8-12H2,1H3;(H,3,4)(H,5,6). The molecule has 0 radical (unpaired) electrons. The number of rotatable bonds is 4. The molecule has 2 rings (SSSR count). The van der Waals surface area contributed by atoms with Crippen LogP contribution >= 0.6 is 0 Å². The van der Waals surface area contributed by atoms with Crippen LogP contribution in [0.5, 0.6) is 0 Å². The predicted molar refractivity (Wildman–Crippen MR) is 83.9 cm³/mol. The Morgan fingerprint density at radius 2 is 1.77 bits per heavy atom. The van der Waals surface area contributed by atoms with Gasteiger partial charge in [0.25, 0.3) is 0 Å². The average Bonchev–Trinajstić information content (AvgIpc) is 2.49. The summed E-state index contributed by atoms with van der Waals surface area (Å²) >= 11 is 0. The van der Waals surface area contributed by atoms with E-state index in [1.807, 2.05) is 6.07 Å². The van der Waals surface area contributed by atoms with Gasteiger partial charge in [-0.1, -0.05) is 18.2 Å². The van der Waals surface area contributed by atoms with Crippen molar-refractivity contribution in [3.8, 4) is 0 Å². The Hall–Kier alpha value is -2.12. The van der Waals surface area contributed by atoms with Gasteiger partial charge in [-0.3, -0.25) is 9.80 Å². The van der Waals surface area contributed by atoms with Crippen LogP contribution in [0.25, 0.3) is 0 Å². The highest BCUT2D eigenvalue weighted by molar-refractivity contribution is 6.27. The van der Waals surface area contributed by atoms with Crippen molar-refractivity contribution in [3.63, 3.8) is 0 Å². The third-order valence-electron chi connectivity index (χ3n) is 3.17. The molecule has 0 amide bonds. The summed E-state index contributed by atoms with van der Waals surface area (Å²) < 4.78 is 0. The highest BCUT2D eigenvalue weighted by Crippen LogP contribution is 2.06. The number of benzene rings is 1. The summed E-state index contributed by atoms with van der Waals surface area (Å²) in [6, 6.07) is 10.4. The van der Waals surface area contributed by atoms with Gasteiger partial charge in [-0.15, -0.1) is 0 Å². The predicted octanol–water partition coefficient (Wildman–Crippen LogP) is 0.849. The lowest BCUT2D eigenvalue weighted by Crippen LogP contribution is -2.44. The Balaban J connectivity index is 0.000000346. The van der Waals surface area contributed by atoms with E-state index in [1.165, 1.54) is 25.2 Å². The van der Waals surface area contributed by atoms with Crippen LogP contribution in [0.1, 0.15) is 6.42 Å². The second-order valence-electron chi connectivity index (χ2n) is 5.10. The third kappa shape index (κ3) is 7.61. The Morgan fingerprint density at radius 1 is 1.14 bits per heavy atom. The SMILES string of the molecule is CN1CCCN(CCNc2ccccc2)C1.O=C(O)C(=O)O. The maximum Gasteiger partial charge on any atom is 0.414 e. The fourth-order valence-electron chi connectivity index (χ4n) is 2.14. The molecule has 1 aromatic rings. The van der Waals surface area contributed by atoms with Gasteiger partial charge in [0.2, 0.25) is 0 Å². The number of carboxylic acid groups (broad SMARTS) is 2. The van der Waals surface area contributed by atoms with Crippen molar-refractivity contribution in [2.45, 2.75) is 6.42 Å². The molecule has 1 aliphatic heterocycles. The summed E-state index contributed by atoms with van der Waals surface area (Å²) in [5.74, 6) is -3.65. The largest absolute Gasteiger partial charge is 0.473 e. The minimum Gasteiger partial charge on any atom is -0.473 e. The first-order valence-electron chi connectivity index (χ1n) is 7.15. The molecule has 0 unspecified atom stereocenters. The molecule has 0 atom stereocenters. The number of carbonyl (C=O) groups is 2. The van der Waals surface area contributed by atoms with E-state index in [2.05, 4.69) is 46.4 Å². The smallest absolute Gasteiger partial charge is 0.414 e. The van der Waals surface area contributed by atoms with E-state index in [1.54, 1.807) is 0 Å². The van der Waals surface area contributed by atoms with Crippen molar-refractivity contribution in [3.05, 3.63) is 30.3 Å². The van der Waals surface area contributed by atoms with Gasteiger partial charge in [-0.25, -0.2) is 9.59 Å². The molecule has 1 aliphatic rings. The van der Waals surface area contributed by atoms with Crippen molar-refractivity contribution < 1.29 is 19.8 Å². The van der Waals surface area contributed by atoms with Crippen LogP contribution in [0.15, 0.2) is 30.3 Å². The maximum atomic E-state index is 9.10. The van der Waals surface area contributed by atoms with E-state index in [0.717, 1.165) is 19.8 Å². The molecule has 0 spiro atoms. The minimum absolute atomic E-state index is 1.03. The number of aliphatic carboxylic acids is 2. The summed E-state index contributed by atoms with van der Waals surface area (Å²) in [5, 5.41) is 18.2. The first-order valence-corrected chi connectivity index (χ1v) is 7.15. The molecule has 0 bridgehead atoms. The highest BCUT2D eigenvalue weighted by atomic mass is 16.4. The van der Waals surface area contributed by atoms with Gasteiger partial charge in [-0.2, -0.15) is 0 Å². The minimum atomic E-state index is -1.82. The normalized spacial score (nSPS) is 15.5. The van der Waals surface area contributed by atoms with Crippen LogP contribution in [-0.2, 0) is 9.59 Å². The molecule has 1 fully saturated rings. The summed E-state index contributed by atoms with van der Waals surface area (Å²) in [6.07, 6.45) is 1.29. The van der Waals surface area contributed by atoms with E-state index >= 15 is 0 Å². The number of carboxylic acids is 2. The number of nitrogens with zero attached hydrogens (tertiary/aromatic N) is 2. The lowest BCUT2D eigenvalue weighted by molar-refractivity contribution is -0.159. The second-order valence-corrected chi connectivity index (χ2v) is 5.10. The van der Waals surface area contributed by atoms with Crippen LogP contribution < -0.4 is 5.32 Å². The zero-order valence-electron chi connectivity index (χ0n) is 12.7. The van der Waals surface area contributed by atoms with Gasteiger partial charge in [0, 0.05) is 31.9 Å². The van der Waals surface area contributed by atoms with Crippen LogP contribution in [0.3, 0.4) is 0 Å². The van der Waals surface area contributed by atoms with Crippen LogP contribution in [0, 0.1) is 0 Å². The molecule has 122 valence electrons. The molecule has 0 aliphatic carbocycles. The zero-order chi connectivity index (χ0) is 16.4. The highest BCUT2D eigenvalue weighted by Gasteiger charge is 2.12. The van der Waals surface area contributed by atoms with Crippen LogP contribution in [0.4, 0.5) is 5.69 Å². The molecule has 7 heteroatoms. The van der Waals surface area contributed by atoms with Gasteiger partial charge < -0.3 is 15.5 Å². The third-order valence-corrected chi connectivity index (χ3v) is 3.17. The monoisotopic (exact) mass is 309 g/mol. The summed E-state index contributed by atoms with van der Waals surface area (Å²) in [5.41, 5.74) is 1.22. The van der Waals surface area contributed by atoms with Gasteiger partial charge in [0.05, 0.1) is 6.67 Å². The van der Waals surface area contributed by atoms with Crippen molar-refractivity contribution in [2.24, 2.45) is 0 Å². The first-order chi connectivity index (χ1) is 10.5. The average molecular weight is 309 g/mol. The molecule has 7 nitrogen and oxygen atoms in total. The molecule has 0 saturated carbocycles. The molecule has 1 aromatic carbocycles. The summed E-state index contributed by atoms with van der Waals surface area (Å²) in [6.45, 7) is 5.73. The van der Waals surface area contributed by atoms with E-state index in [-0.39, 0.29) is 0 Å². The van der Waals surface area contributed by atoms with E-state index < -0.39 is 11.9 Å². The van der Waals surface area contributed by atoms with Crippen LogP contribution in [-0.4, -0.2) is 71.8 Å². The Labute approximate surface area is 130 Å². The summed E-state index contributed by atoms with van der Waals surface area (Å²) in [7, 11) is 2.19. The first kappa shape index (κ1) is 17.9. The number of nitrogens with one attached hydrogen (secondary N) is 1. The molecule has 3 N–H and O–H groups in total. The molecule has 0 aromatic heterocycles. The van der Waals surface area contributed by atoms with Gasteiger partial charge in [-0.05, 0) is 25.6 Å². The second kappa shape index (κ2) is 9.75. The fourth-order valence-corrected chi connectivity index (χ4v) is 2.14. The van der Waals surface area contributed by atoms with Gasteiger partial charge in [0.1, 0.15) is 0 Å². The van der Waals surface area contributed by atoms with E-state index in [9.17, 15) is 0 Å². The quantitative estimate of drug-likeness (QED) is 0.710. The lowest BCUT2D eigenvalue weighted by Gasteiger charge is -2.33. The topological polar surface area (TPSA) is 93.1 Å². The molecule has 22 heavy (non-hydrogen) atoms. The molecule has 1 saturated heterocycles. The number of para-hydroxylation sites is 1. The number of hydrogen-bond donors (Lipinski definition) is 3. The van der Waals surface area contributed by atoms with E-state index in [4.69, 9.17) is 19.8 Å². The Morgan fingerprint density at radius 3 is 2.32 bits per heavy atom. The molecular weight excluding hydrogens is 286 g/mol. The van der Waals surface area contributed by atoms with E-state index in [0.29, 0.717) is 0 Å². The maximum absolute atomic E-state index is 9.10. The lowest BCUT2D eigenvalue weighted by atomic mass is 10.3. The van der Waals surface area contributed by atoms with Crippen LogP contribution in [0.2, 0.25) is 0 Å². The number of anilines is 1. The summed E-state index contributed by atoms with van der Waals surface area (Å²) in [4.78, 5) is 23.1. The Kier molecular flexibility index (Phi) is 7.95. The van der Waals surface area contributed by atoms with Crippen molar-refractivity contribution in [2.75, 3.05) is 45.2 Å². The fraction of sp³-hybridized carbons (Fsp3) is 0.467. The van der Waals surface area contributed by atoms with Crippen molar-refractivity contribution in [1.82, 2.24) is 9.80 Å². The van der Waals surface area contributed by atoms with Crippen molar-refractivity contribution in [1.29, 1.82) is 0 Å².